The molecule has 0 unspecified atom stereocenters. The first-order chi connectivity index (χ1) is 11.1. The van der Waals surface area contributed by atoms with Crippen molar-refractivity contribution in [1.29, 1.82) is 0 Å². The minimum absolute atomic E-state index is 0.140. The maximum atomic E-state index is 12.0. The summed E-state index contributed by atoms with van der Waals surface area (Å²) in [6, 6.07) is 6.88. The second-order valence-electron chi connectivity index (χ2n) is 4.76. The Kier molecular flexibility index (Phi) is 6.10. The molecule has 0 aliphatic rings. The third-order valence-corrected chi connectivity index (χ3v) is 3.81. The van der Waals surface area contributed by atoms with Gasteiger partial charge >= 0.3 is 5.97 Å². The summed E-state index contributed by atoms with van der Waals surface area (Å²) in [5.74, 6) is -0.0268. The number of carbonyl (C=O) groups excluding carboxylic acids is 2. The zero-order chi connectivity index (χ0) is 16.7. The number of nitrogens with zero attached hydrogens (tertiary/aromatic N) is 1. The van der Waals surface area contributed by atoms with Gasteiger partial charge in [-0.25, -0.2) is 4.98 Å². The van der Waals surface area contributed by atoms with Gasteiger partial charge in [-0.1, -0.05) is 6.07 Å². The molecule has 0 fully saturated rings. The predicted molar refractivity (Wildman–Crippen MR) is 86.6 cm³/mol. The molecule has 0 radical (unpaired) electrons. The van der Waals surface area contributed by atoms with Gasteiger partial charge in [0.1, 0.15) is 12.4 Å². The highest BCUT2D eigenvalue weighted by atomic mass is 32.1. The highest BCUT2D eigenvalue weighted by Crippen LogP contribution is 2.16. The van der Waals surface area contributed by atoms with E-state index in [0.29, 0.717) is 17.9 Å². The molecule has 122 valence electrons. The number of carbonyl (C=O) groups is 2. The van der Waals surface area contributed by atoms with Crippen LogP contribution in [0.15, 0.2) is 29.6 Å². The van der Waals surface area contributed by atoms with Gasteiger partial charge in [-0.05, 0) is 25.1 Å². The monoisotopic (exact) mass is 334 g/mol. The fraction of sp³-hybridized carbons (Fsp3) is 0.312. The Labute approximate surface area is 138 Å². The number of methoxy groups -OCH3 is 1. The van der Waals surface area contributed by atoms with Crippen LogP contribution in [0.5, 0.6) is 5.75 Å². The molecular formula is C16H18N2O4S. The van der Waals surface area contributed by atoms with Crippen molar-refractivity contribution in [3.63, 3.8) is 0 Å². The normalized spacial score (nSPS) is 10.2. The van der Waals surface area contributed by atoms with Crippen molar-refractivity contribution in [3.05, 3.63) is 45.9 Å². The van der Waals surface area contributed by atoms with Gasteiger partial charge in [0.2, 0.25) is 0 Å². The minimum Gasteiger partial charge on any atom is -0.487 e. The van der Waals surface area contributed by atoms with Crippen molar-refractivity contribution in [2.75, 3.05) is 13.7 Å². The SMILES string of the molecule is COC(=O)CCNC(=O)c1cccc(OCc2csc(C)n2)c1. The molecule has 7 heteroatoms. The second kappa shape index (κ2) is 8.28. The predicted octanol–water partition coefficient (Wildman–Crippen LogP) is 2.32. The first-order valence-electron chi connectivity index (χ1n) is 7.07. The maximum Gasteiger partial charge on any atom is 0.307 e. The number of ether oxygens (including phenoxy) is 2. The molecule has 2 rings (SSSR count). The van der Waals surface area contributed by atoms with Gasteiger partial charge in [-0.3, -0.25) is 9.59 Å². The summed E-state index contributed by atoms with van der Waals surface area (Å²) in [5.41, 5.74) is 1.34. The highest BCUT2D eigenvalue weighted by Gasteiger charge is 2.08. The molecule has 23 heavy (non-hydrogen) atoms. The van der Waals surface area contributed by atoms with E-state index in [1.165, 1.54) is 7.11 Å². The molecule has 0 spiro atoms. The molecule has 0 atom stereocenters. The van der Waals surface area contributed by atoms with Gasteiger partial charge in [-0.15, -0.1) is 11.3 Å². The van der Waals surface area contributed by atoms with Crippen LogP contribution in [0.4, 0.5) is 0 Å². The van der Waals surface area contributed by atoms with E-state index >= 15 is 0 Å². The summed E-state index contributed by atoms with van der Waals surface area (Å²) in [7, 11) is 1.31. The van der Waals surface area contributed by atoms with Crippen LogP contribution in [0.3, 0.4) is 0 Å². The van der Waals surface area contributed by atoms with Crippen LogP contribution in [-0.2, 0) is 16.1 Å². The molecule has 1 aromatic carbocycles. The van der Waals surface area contributed by atoms with Gasteiger partial charge in [-0.2, -0.15) is 0 Å². The number of nitrogens with one attached hydrogen (secondary N) is 1. The van der Waals surface area contributed by atoms with E-state index in [4.69, 9.17) is 4.74 Å². The van der Waals surface area contributed by atoms with Crippen LogP contribution in [-0.4, -0.2) is 30.5 Å². The molecule has 1 heterocycles. The number of hydrogen-bond acceptors (Lipinski definition) is 6. The van der Waals surface area contributed by atoms with Crippen molar-refractivity contribution in [2.45, 2.75) is 20.0 Å². The lowest BCUT2D eigenvalue weighted by Crippen LogP contribution is -2.26. The third-order valence-electron chi connectivity index (χ3n) is 2.99. The standard InChI is InChI=1S/C16H18N2O4S/c1-11-18-13(10-23-11)9-22-14-5-3-4-12(8-14)16(20)17-7-6-15(19)21-2/h3-5,8,10H,6-7,9H2,1-2H3,(H,17,20). The summed E-state index contributed by atoms with van der Waals surface area (Å²) >= 11 is 1.57. The number of benzene rings is 1. The molecule has 6 nitrogen and oxygen atoms in total. The lowest BCUT2D eigenvalue weighted by molar-refractivity contribution is -0.140. The van der Waals surface area contributed by atoms with Crippen LogP contribution < -0.4 is 10.1 Å². The summed E-state index contributed by atoms with van der Waals surface area (Å²) in [4.78, 5) is 27.3. The Balaban J connectivity index is 1.88. The molecule has 0 saturated carbocycles. The Morgan fingerprint density at radius 2 is 2.17 bits per heavy atom. The summed E-state index contributed by atoms with van der Waals surface area (Å²) < 4.78 is 10.2. The van der Waals surface area contributed by atoms with Crippen molar-refractivity contribution >= 4 is 23.2 Å². The number of hydrogen-bond donors (Lipinski definition) is 1. The third kappa shape index (κ3) is 5.37. The molecule has 0 aliphatic carbocycles. The summed E-state index contributed by atoms with van der Waals surface area (Å²) in [5, 5.41) is 5.59. The van der Waals surface area contributed by atoms with E-state index < -0.39 is 0 Å². The van der Waals surface area contributed by atoms with Gasteiger partial charge in [0.15, 0.2) is 0 Å². The average Bonchev–Trinajstić information content (AvgIpc) is 2.98. The van der Waals surface area contributed by atoms with E-state index in [1.54, 1.807) is 35.6 Å². The number of aromatic nitrogens is 1. The lowest BCUT2D eigenvalue weighted by atomic mass is 10.2. The minimum atomic E-state index is -0.360. The van der Waals surface area contributed by atoms with Crippen LogP contribution in [0.1, 0.15) is 27.5 Å². The number of rotatable bonds is 7. The second-order valence-corrected chi connectivity index (χ2v) is 5.82. The Morgan fingerprint density at radius 3 is 2.87 bits per heavy atom. The lowest BCUT2D eigenvalue weighted by Gasteiger charge is -2.08. The van der Waals surface area contributed by atoms with Crippen LogP contribution in [0.2, 0.25) is 0 Å². The molecule has 1 aromatic heterocycles. The van der Waals surface area contributed by atoms with Crippen molar-refractivity contribution in [3.8, 4) is 5.75 Å². The zero-order valence-electron chi connectivity index (χ0n) is 13.0. The Morgan fingerprint density at radius 1 is 1.35 bits per heavy atom. The first kappa shape index (κ1) is 17.0. The Hall–Kier alpha value is -2.41. The van der Waals surface area contributed by atoms with Crippen molar-refractivity contribution in [2.24, 2.45) is 0 Å². The van der Waals surface area contributed by atoms with E-state index in [0.717, 1.165) is 10.7 Å². The largest absolute Gasteiger partial charge is 0.487 e. The molecule has 0 aliphatic heterocycles. The number of esters is 1. The van der Waals surface area contributed by atoms with Gasteiger partial charge < -0.3 is 14.8 Å². The van der Waals surface area contributed by atoms with Crippen molar-refractivity contribution < 1.29 is 19.1 Å². The summed E-state index contributed by atoms with van der Waals surface area (Å²) in [6.45, 7) is 2.53. The fourth-order valence-electron chi connectivity index (χ4n) is 1.84. The smallest absolute Gasteiger partial charge is 0.307 e. The van der Waals surface area contributed by atoms with Gasteiger partial charge in [0, 0.05) is 17.5 Å². The number of amides is 1. The number of aryl methyl sites for hydroxylation is 1. The van der Waals surface area contributed by atoms with E-state index in [9.17, 15) is 9.59 Å². The van der Waals surface area contributed by atoms with E-state index in [1.807, 2.05) is 12.3 Å². The molecule has 1 amide bonds. The average molecular weight is 334 g/mol. The van der Waals surface area contributed by atoms with Crippen molar-refractivity contribution in [1.82, 2.24) is 10.3 Å². The molecule has 2 aromatic rings. The van der Waals surface area contributed by atoms with Gasteiger partial charge in [0.25, 0.3) is 5.91 Å². The number of thiazole rings is 1. The molecule has 0 bridgehead atoms. The topological polar surface area (TPSA) is 77.5 Å². The highest BCUT2D eigenvalue weighted by molar-refractivity contribution is 7.09. The molecular weight excluding hydrogens is 316 g/mol. The maximum absolute atomic E-state index is 12.0. The van der Waals surface area contributed by atoms with Crippen LogP contribution in [0, 0.1) is 6.92 Å². The molecule has 0 saturated heterocycles. The van der Waals surface area contributed by atoms with Gasteiger partial charge in [0.05, 0.1) is 24.2 Å². The molecule has 1 N–H and O–H groups in total. The van der Waals surface area contributed by atoms with E-state index in [2.05, 4.69) is 15.0 Å². The quantitative estimate of drug-likeness (QED) is 0.786. The van der Waals surface area contributed by atoms with Crippen LogP contribution >= 0.6 is 11.3 Å². The fourth-order valence-corrected chi connectivity index (χ4v) is 2.44. The zero-order valence-corrected chi connectivity index (χ0v) is 13.8. The van der Waals surface area contributed by atoms with Crippen LogP contribution in [0.25, 0.3) is 0 Å². The van der Waals surface area contributed by atoms with E-state index in [-0.39, 0.29) is 24.8 Å². The Bertz CT molecular complexity index is 684. The summed E-state index contributed by atoms with van der Waals surface area (Å²) in [6.07, 6.45) is 0.140. The first-order valence-corrected chi connectivity index (χ1v) is 7.95.